The SMILES string of the molecule is O=C(CCC1CCCC1)Nc1cnc(Br)cn1. The Bertz CT molecular complexity index is 374. The van der Waals surface area contributed by atoms with Gasteiger partial charge in [0.25, 0.3) is 0 Å². The highest BCUT2D eigenvalue weighted by molar-refractivity contribution is 9.10. The van der Waals surface area contributed by atoms with Crippen LogP contribution in [0, 0.1) is 5.92 Å². The Hall–Kier alpha value is -0.970. The van der Waals surface area contributed by atoms with Gasteiger partial charge in [-0.25, -0.2) is 9.97 Å². The number of carbonyl (C=O) groups is 1. The average Bonchev–Trinajstić information content (AvgIpc) is 2.83. The molecule has 0 unspecified atom stereocenters. The number of rotatable bonds is 4. The lowest BCUT2D eigenvalue weighted by Crippen LogP contribution is -2.13. The number of hydrogen-bond donors (Lipinski definition) is 1. The van der Waals surface area contributed by atoms with Crippen molar-refractivity contribution in [2.24, 2.45) is 5.92 Å². The van der Waals surface area contributed by atoms with Gasteiger partial charge in [0, 0.05) is 6.42 Å². The van der Waals surface area contributed by atoms with Crippen LogP contribution in [0.5, 0.6) is 0 Å². The van der Waals surface area contributed by atoms with E-state index in [1.807, 2.05) is 0 Å². The molecule has 1 fully saturated rings. The summed E-state index contributed by atoms with van der Waals surface area (Å²) in [6.45, 7) is 0. The molecule has 4 nitrogen and oxygen atoms in total. The zero-order chi connectivity index (χ0) is 12.1. The maximum Gasteiger partial charge on any atom is 0.225 e. The van der Waals surface area contributed by atoms with Crippen LogP contribution < -0.4 is 5.32 Å². The molecule has 0 atom stereocenters. The molecular weight excluding hydrogens is 282 g/mol. The first kappa shape index (κ1) is 12.5. The molecule has 5 heteroatoms. The van der Waals surface area contributed by atoms with Crippen LogP contribution >= 0.6 is 15.9 Å². The predicted molar refractivity (Wildman–Crippen MR) is 69.6 cm³/mol. The van der Waals surface area contributed by atoms with Crippen molar-refractivity contribution in [2.75, 3.05) is 5.32 Å². The number of halogens is 1. The number of anilines is 1. The molecule has 1 aliphatic carbocycles. The van der Waals surface area contributed by atoms with Crippen LogP contribution in [0.15, 0.2) is 17.0 Å². The van der Waals surface area contributed by atoms with Crippen LogP contribution in [-0.2, 0) is 4.79 Å². The first-order valence-electron chi connectivity index (χ1n) is 6.01. The third-order valence-electron chi connectivity index (χ3n) is 3.14. The van der Waals surface area contributed by atoms with E-state index >= 15 is 0 Å². The maximum atomic E-state index is 11.7. The minimum atomic E-state index is 0.0357. The van der Waals surface area contributed by atoms with Crippen molar-refractivity contribution in [2.45, 2.75) is 38.5 Å². The largest absolute Gasteiger partial charge is 0.309 e. The summed E-state index contributed by atoms with van der Waals surface area (Å²) in [6.07, 6.45) is 9.92. The van der Waals surface area contributed by atoms with Gasteiger partial charge in [0.2, 0.25) is 5.91 Å². The summed E-state index contributed by atoms with van der Waals surface area (Å²) in [6, 6.07) is 0. The van der Waals surface area contributed by atoms with Crippen molar-refractivity contribution < 1.29 is 4.79 Å². The standard InChI is InChI=1S/C12H16BrN3O/c13-10-7-15-11(8-14-10)16-12(17)6-5-9-3-1-2-4-9/h7-9H,1-6H2,(H,15,16,17). The Morgan fingerprint density at radius 2 is 2.12 bits per heavy atom. The molecule has 1 aromatic heterocycles. The number of nitrogens with zero attached hydrogens (tertiary/aromatic N) is 2. The predicted octanol–water partition coefficient (Wildman–Crippen LogP) is 3.15. The Kier molecular flexibility index (Phi) is 4.48. The zero-order valence-corrected chi connectivity index (χ0v) is 11.2. The fourth-order valence-electron chi connectivity index (χ4n) is 2.22. The lowest BCUT2D eigenvalue weighted by atomic mass is 10.0. The molecule has 17 heavy (non-hydrogen) atoms. The van der Waals surface area contributed by atoms with Crippen molar-refractivity contribution >= 4 is 27.7 Å². The third kappa shape index (κ3) is 4.07. The molecule has 1 amide bonds. The lowest BCUT2D eigenvalue weighted by Gasteiger charge is -2.08. The molecule has 0 bridgehead atoms. The van der Waals surface area contributed by atoms with Crippen LogP contribution in [0.4, 0.5) is 5.82 Å². The Balaban J connectivity index is 1.74. The number of amides is 1. The third-order valence-corrected chi connectivity index (χ3v) is 3.55. The van der Waals surface area contributed by atoms with E-state index in [0.717, 1.165) is 12.3 Å². The van der Waals surface area contributed by atoms with E-state index in [1.54, 1.807) is 12.4 Å². The first-order chi connectivity index (χ1) is 8.24. The van der Waals surface area contributed by atoms with E-state index in [9.17, 15) is 4.79 Å². The summed E-state index contributed by atoms with van der Waals surface area (Å²) < 4.78 is 0.668. The Labute approximate surface area is 109 Å². The molecular formula is C12H16BrN3O. The van der Waals surface area contributed by atoms with Gasteiger partial charge in [-0.3, -0.25) is 4.79 Å². The van der Waals surface area contributed by atoms with Crippen LogP contribution in [0.25, 0.3) is 0 Å². The summed E-state index contributed by atoms with van der Waals surface area (Å²) >= 11 is 3.20. The first-order valence-corrected chi connectivity index (χ1v) is 6.81. The van der Waals surface area contributed by atoms with Gasteiger partial charge >= 0.3 is 0 Å². The highest BCUT2D eigenvalue weighted by atomic mass is 79.9. The zero-order valence-electron chi connectivity index (χ0n) is 9.66. The van der Waals surface area contributed by atoms with E-state index in [1.165, 1.54) is 25.7 Å². The fourth-order valence-corrected chi connectivity index (χ4v) is 2.42. The van der Waals surface area contributed by atoms with Crippen molar-refractivity contribution in [3.05, 3.63) is 17.0 Å². The molecule has 1 N–H and O–H groups in total. The molecule has 0 saturated heterocycles. The van der Waals surface area contributed by atoms with Gasteiger partial charge in [-0.1, -0.05) is 25.7 Å². The topological polar surface area (TPSA) is 54.9 Å². The average molecular weight is 298 g/mol. The van der Waals surface area contributed by atoms with Crippen molar-refractivity contribution in [3.8, 4) is 0 Å². The molecule has 92 valence electrons. The number of aromatic nitrogens is 2. The Morgan fingerprint density at radius 1 is 1.35 bits per heavy atom. The molecule has 1 saturated carbocycles. The second-order valence-electron chi connectivity index (χ2n) is 4.46. The summed E-state index contributed by atoms with van der Waals surface area (Å²) in [5.41, 5.74) is 0. The lowest BCUT2D eigenvalue weighted by molar-refractivity contribution is -0.116. The minimum Gasteiger partial charge on any atom is -0.309 e. The van der Waals surface area contributed by atoms with E-state index in [4.69, 9.17) is 0 Å². The van der Waals surface area contributed by atoms with Crippen LogP contribution in [0.3, 0.4) is 0 Å². The van der Waals surface area contributed by atoms with Crippen LogP contribution in [0.1, 0.15) is 38.5 Å². The van der Waals surface area contributed by atoms with Crippen molar-refractivity contribution in [3.63, 3.8) is 0 Å². The van der Waals surface area contributed by atoms with E-state index in [2.05, 4.69) is 31.2 Å². The second kappa shape index (κ2) is 6.10. The van der Waals surface area contributed by atoms with E-state index in [0.29, 0.717) is 16.8 Å². The highest BCUT2D eigenvalue weighted by Gasteiger charge is 2.16. The molecule has 0 aliphatic heterocycles. The maximum absolute atomic E-state index is 11.7. The summed E-state index contributed by atoms with van der Waals surface area (Å²) in [5.74, 6) is 1.30. The Morgan fingerprint density at radius 3 is 2.76 bits per heavy atom. The normalized spacial score (nSPS) is 16.1. The second-order valence-corrected chi connectivity index (χ2v) is 5.27. The number of nitrogens with one attached hydrogen (secondary N) is 1. The number of hydrogen-bond acceptors (Lipinski definition) is 3. The van der Waals surface area contributed by atoms with Crippen molar-refractivity contribution in [1.29, 1.82) is 0 Å². The minimum absolute atomic E-state index is 0.0357. The smallest absolute Gasteiger partial charge is 0.225 e. The van der Waals surface area contributed by atoms with Crippen LogP contribution in [0.2, 0.25) is 0 Å². The highest BCUT2D eigenvalue weighted by Crippen LogP contribution is 2.28. The van der Waals surface area contributed by atoms with Gasteiger partial charge in [-0.15, -0.1) is 0 Å². The van der Waals surface area contributed by atoms with Gasteiger partial charge in [0.05, 0.1) is 12.4 Å². The van der Waals surface area contributed by atoms with Gasteiger partial charge in [0.1, 0.15) is 4.60 Å². The molecule has 1 aliphatic rings. The molecule has 0 spiro atoms. The molecule has 1 heterocycles. The molecule has 2 rings (SSSR count). The summed E-state index contributed by atoms with van der Waals surface area (Å²) in [7, 11) is 0. The van der Waals surface area contributed by atoms with Crippen molar-refractivity contribution in [1.82, 2.24) is 9.97 Å². The quantitative estimate of drug-likeness (QED) is 0.929. The molecule has 0 aromatic carbocycles. The summed E-state index contributed by atoms with van der Waals surface area (Å²) in [4.78, 5) is 19.7. The van der Waals surface area contributed by atoms with Gasteiger partial charge in [-0.2, -0.15) is 0 Å². The number of carbonyl (C=O) groups excluding carboxylic acids is 1. The van der Waals surface area contributed by atoms with Crippen LogP contribution in [-0.4, -0.2) is 15.9 Å². The molecule has 0 radical (unpaired) electrons. The molecule has 1 aromatic rings. The summed E-state index contributed by atoms with van der Waals surface area (Å²) in [5, 5.41) is 2.76. The monoisotopic (exact) mass is 297 g/mol. The van der Waals surface area contributed by atoms with Gasteiger partial charge < -0.3 is 5.32 Å². The van der Waals surface area contributed by atoms with Gasteiger partial charge in [0.15, 0.2) is 5.82 Å². The fraction of sp³-hybridized carbons (Fsp3) is 0.583. The van der Waals surface area contributed by atoms with E-state index in [-0.39, 0.29) is 5.91 Å². The van der Waals surface area contributed by atoms with Gasteiger partial charge in [-0.05, 0) is 28.3 Å². The van der Waals surface area contributed by atoms with E-state index < -0.39 is 0 Å².